The van der Waals surface area contributed by atoms with Crippen molar-refractivity contribution in [1.82, 2.24) is 9.88 Å². The first-order valence-electron chi connectivity index (χ1n) is 10.1. The lowest BCUT2D eigenvalue weighted by Gasteiger charge is -2.23. The van der Waals surface area contributed by atoms with E-state index >= 15 is 0 Å². The van der Waals surface area contributed by atoms with Gasteiger partial charge in [0.1, 0.15) is 0 Å². The summed E-state index contributed by atoms with van der Waals surface area (Å²) in [6.07, 6.45) is 2.65. The molecule has 0 atom stereocenters. The quantitative estimate of drug-likeness (QED) is 0.353. The number of fused-ring (bicyclic) bond motifs is 1. The Kier molecular flexibility index (Phi) is 6.78. The molecule has 4 heteroatoms. The predicted molar refractivity (Wildman–Crippen MR) is 124 cm³/mol. The molecule has 1 aromatic heterocycles. The van der Waals surface area contributed by atoms with E-state index in [1.165, 1.54) is 5.56 Å². The van der Waals surface area contributed by atoms with Gasteiger partial charge in [-0.05, 0) is 29.7 Å². The first kappa shape index (κ1) is 20.2. The number of para-hydroxylation sites is 1. The highest BCUT2D eigenvalue weighted by atomic mass is 32.2. The van der Waals surface area contributed by atoms with Crippen LogP contribution in [0.1, 0.15) is 11.1 Å². The van der Waals surface area contributed by atoms with Gasteiger partial charge in [-0.25, -0.2) is 0 Å². The SMILES string of the molecule is O=C(CSc1cccc2cccnc12)N(CCc1ccccc1)Cc1ccccc1. The maximum Gasteiger partial charge on any atom is 0.233 e. The van der Waals surface area contributed by atoms with Crippen LogP contribution in [-0.2, 0) is 17.8 Å². The van der Waals surface area contributed by atoms with Crippen molar-refractivity contribution in [3.63, 3.8) is 0 Å². The second kappa shape index (κ2) is 10.1. The van der Waals surface area contributed by atoms with Crippen molar-refractivity contribution in [1.29, 1.82) is 0 Å². The lowest BCUT2D eigenvalue weighted by atomic mass is 10.1. The van der Waals surface area contributed by atoms with Crippen LogP contribution < -0.4 is 0 Å². The van der Waals surface area contributed by atoms with Gasteiger partial charge in [0.15, 0.2) is 0 Å². The van der Waals surface area contributed by atoms with Gasteiger partial charge in [0.05, 0.1) is 11.3 Å². The minimum absolute atomic E-state index is 0.146. The van der Waals surface area contributed by atoms with Crippen molar-refractivity contribution in [3.05, 3.63) is 108 Å². The van der Waals surface area contributed by atoms with Crippen LogP contribution in [0.3, 0.4) is 0 Å². The van der Waals surface area contributed by atoms with Crippen LogP contribution in [0.15, 0.2) is 102 Å². The molecular weight excluding hydrogens is 388 g/mol. The summed E-state index contributed by atoms with van der Waals surface area (Å²) in [7, 11) is 0. The van der Waals surface area contributed by atoms with E-state index in [9.17, 15) is 4.79 Å². The smallest absolute Gasteiger partial charge is 0.233 e. The second-order valence-electron chi connectivity index (χ2n) is 7.16. The van der Waals surface area contributed by atoms with E-state index < -0.39 is 0 Å². The molecule has 0 aliphatic carbocycles. The van der Waals surface area contributed by atoms with Gasteiger partial charge in [-0.2, -0.15) is 0 Å². The van der Waals surface area contributed by atoms with Gasteiger partial charge < -0.3 is 4.90 Å². The van der Waals surface area contributed by atoms with Crippen molar-refractivity contribution in [2.45, 2.75) is 17.9 Å². The molecule has 150 valence electrons. The third-order valence-electron chi connectivity index (χ3n) is 5.03. The lowest BCUT2D eigenvalue weighted by Crippen LogP contribution is -2.33. The third kappa shape index (κ3) is 5.28. The predicted octanol–water partition coefficient (Wildman–Crippen LogP) is 5.60. The zero-order valence-electron chi connectivity index (χ0n) is 16.8. The van der Waals surface area contributed by atoms with E-state index in [2.05, 4.69) is 41.4 Å². The van der Waals surface area contributed by atoms with E-state index in [1.807, 2.05) is 59.5 Å². The summed E-state index contributed by atoms with van der Waals surface area (Å²) in [5, 5.41) is 1.10. The molecule has 0 radical (unpaired) electrons. The van der Waals surface area contributed by atoms with Crippen LogP contribution in [0.2, 0.25) is 0 Å². The van der Waals surface area contributed by atoms with Gasteiger partial charge in [-0.15, -0.1) is 11.8 Å². The number of thioether (sulfide) groups is 1. The average Bonchev–Trinajstić information content (AvgIpc) is 2.81. The number of rotatable bonds is 8. The molecular formula is C26H24N2OS. The Balaban J connectivity index is 1.46. The van der Waals surface area contributed by atoms with Gasteiger partial charge >= 0.3 is 0 Å². The molecule has 0 unspecified atom stereocenters. The summed E-state index contributed by atoms with van der Waals surface area (Å²) < 4.78 is 0. The van der Waals surface area contributed by atoms with Gasteiger partial charge in [-0.3, -0.25) is 9.78 Å². The van der Waals surface area contributed by atoms with Gasteiger partial charge in [0.2, 0.25) is 5.91 Å². The Morgan fingerprint density at radius 1 is 0.800 bits per heavy atom. The van der Waals surface area contributed by atoms with Crippen LogP contribution in [0.4, 0.5) is 0 Å². The molecule has 0 bridgehead atoms. The fourth-order valence-electron chi connectivity index (χ4n) is 3.43. The highest BCUT2D eigenvalue weighted by molar-refractivity contribution is 8.00. The van der Waals surface area contributed by atoms with Gasteiger partial charge in [0, 0.05) is 29.6 Å². The van der Waals surface area contributed by atoms with Crippen LogP contribution in [-0.4, -0.2) is 28.1 Å². The van der Waals surface area contributed by atoms with Gasteiger partial charge in [0.25, 0.3) is 0 Å². The Bertz CT molecular complexity index is 1090. The highest BCUT2D eigenvalue weighted by Crippen LogP contribution is 2.26. The molecule has 0 N–H and O–H groups in total. The summed E-state index contributed by atoms with van der Waals surface area (Å²) in [5.74, 6) is 0.546. The number of aromatic nitrogens is 1. The van der Waals surface area contributed by atoms with Crippen molar-refractivity contribution in [2.24, 2.45) is 0 Å². The summed E-state index contributed by atoms with van der Waals surface area (Å²) in [6.45, 7) is 1.33. The molecule has 0 spiro atoms. The normalized spacial score (nSPS) is 10.8. The number of carbonyl (C=O) groups is 1. The summed E-state index contributed by atoms with van der Waals surface area (Å²) >= 11 is 1.56. The standard InChI is InChI=1S/C26H24N2OS/c29-25(20-30-24-15-7-13-23-14-8-17-27-26(23)24)28(19-22-11-5-2-6-12-22)18-16-21-9-3-1-4-10-21/h1-15,17H,16,18-20H2. The zero-order chi connectivity index (χ0) is 20.6. The third-order valence-corrected chi connectivity index (χ3v) is 6.06. The number of nitrogens with zero attached hydrogens (tertiary/aromatic N) is 2. The molecule has 0 aliphatic rings. The zero-order valence-corrected chi connectivity index (χ0v) is 17.6. The number of hydrogen-bond donors (Lipinski definition) is 0. The molecule has 0 aliphatic heterocycles. The van der Waals surface area contributed by atoms with Crippen LogP contribution >= 0.6 is 11.8 Å². The molecule has 3 nitrogen and oxygen atoms in total. The molecule has 0 fully saturated rings. The Morgan fingerprint density at radius 2 is 1.50 bits per heavy atom. The number of pyridine rings is 1. The summed E-state index contributed by atoms with van der Waals surface area (Å²) in [4.78, 5) is 20.7. The average molecular weight is 413 g/mol. The second-order valence-corrected chi connectivity index (χ2v) is 8.17. The van der Waals surface area contributed by atoms with Crippen LogP contribution in [0, 0.1) is 0 Å². The molecule has 0 saturated heterocycles. The molecule has 0 saturated carbocycles. The van der Waals surface area contributed by atoms with Crippen LogP contribution in [0.25, 0.3) is 10.9 Å². The Morgan fingerprint density at radius 3 is 2.27 bits per heavy atom. The Labute approximate surface area is 181 Å². The van der Waals surface area contributed by atoms with Crippen LogP contribution in [0.5, 0.6) is 0 Å². The lowest BCUT2D eigenvalue weighted by molar-refractivity contribution is -0.128. The minimum atomic E-state index is 0.146. The van der Waals surface area contributed by atoms with E-state index in [-0.39, 0.29) is 5.91 Å². The van der Waals surface area contributed by atoms with E-state index in [0.29, 0.717) is 18.8 Å². The molecule has 30 heavy (non-hydrogen) atoms. The fraction of sp³-hybridized carbons (Fsp3) is 0.154. The molecule has 4 aromatic rings. The van der Waals surface area contributed by atoms with Crippen molar-refractivity contribution >= 4 is 28.6 Å². The van der Waals surface area contributed by atoms with E-state index in [1.54, 1.807) is 18.0 Å². The number of hydrogen-bond acceptors (Lipinski definition) is 3. The topological polar surface area (TPSA) is 33.2 Å². The number of carbonyl (C=O) groups excluding carboxylic acids is 1. The first-order valence-corrected chi connectivity index (χ1v) is 11.1. The summed E-state index contributed by atoms with van der Waals surface area (Å²) in [5.41, 5.74) is 3.35. The number of amides is 1. The number of benzene rings is 3. The van der Waals surface area contributed by atoms with E-state index in [4.69, 9.17) is 0 Å². The first-order chi connectivity index (χ1) is 14.8. The molecule has 1 heterocycles. The van der Waals surface area contributed by atoms with Crippen molar-refractivity contribution in [2.75, 3.05) is 12.3 Å². The van der Waals surface area contributed by atoms with Crippen molar-refractivity contribution < 1.29 is 4.79 Å². The fourth-order valence-corrected chi connectivity index (χ4v) is 4.37. The molecule has 4 rings (SSSR count). The maximum absolute atomic E-state index is 13.2. The van der Waals surface area contributed by atoms with Gasteiger partial charge in [-0.1, -0.05) is 78.9 Å². The largest absolute Gasteiger partial charge is 0.337 e. The monoisotopic (exact) mass is 412 g/mol. The summed E-state index contributed by atoms with van der Waals surface area (Å²) in [6, 6.07) is 30.6. The Hall–Kier alpha value is -3.11. The van der Waals surface area contributed by atoms with Crippen molar-refractivity contribution in [3.8, 4) is 0 Å². The molecule has 3 aromatic carbocycles. The van der Waals surface area contributed by atoms with E-state index in [0.717, 1.165) is 27.8 Å². The highest BCUT2D eigenvalue weighted by Gasteiger charge is 2.15. The maximum atomic E-state index is 13.2. The molecule has 1 amide bonds. The minimum Gasteiger partial charge on any atom is -0.337 e.